The van der Waals surface area contributed by atoms with Gasteiger partial charge in [-0.2, -0.15) is 0 Å². The summed E-state index contributed by atoms with van der Waals surface area (Å²) in [5.41, 5.74) is 4.85. The van der Waals surface area contributed by atoms with Gasteiger partial charge in [0.1, 0.15) is 5.75 Å². The minimum absolute atomic E-state index is 0.0859. The Morgan fingerprint density at radius 1 is 1.10 bits per heavy atom. The van der Waals surface area contributed by atoms with Crippen molar-refractivity contribution < 1.29 is 9.53 Å². The molecular formula is C26H35N3O2. The summed E-state index contributed by atoms with van der Waals surface area (Å²) in [6.45, 7) is 12.0. The van der Waals surface area contributed by atoms with Crippen LogP contribution in [0.1, 0.15) is 49.8 Å². The maximum absolute atomic E-state index is 13.0. The van der Waals surface area contributed by atoms with Crippen LogP contribution in [-0.4, -0.2) is 54.5 Å². The molecular weight excluding hydrogens is 386 g/mol. The Morgan fingerprint density at radius 2 is 1.87 bits per heavy atom. The number of benzene rings is 2. The molecule has 1 amide bonds. The van der Waals surface area contributed by atoms with Gasteiger partial charge in [-0.3, -0.25) is 14.6 Å². The first-order valence-corrected chi connectivity index (χ1v) is 11.7. The van der Waals surface area contributed by atoms with Gasteiger partial charge >= 0.3 is 0 Å². The summed E-state index contributed by atoms with van der Waals surface area (Å²) in [7, 11) is 0. The highest BCUT2D eigenvalue weighted by atomic mass is 16.5. The molecule has 0 spiro atoms. The molecule has 166 valence electrons. The Balaban J connectivity index is 1.30. The molecule has 2 heterocycles. The van der Waals surface area contributed by atoms with Crippen molar-refractivity contribution in [3.63, 3.8) is 0 Å². The Hall–Kier alpha value is -2.37. The number of rotatable bonds is 7. The van der Waals surface area contributed by atoms with Gasteiger partial charge in [0.05, 0.1) is 12.6 Å². The molecule has 5 nitrogen and oxygen atoms in total. The van der Waals surface area contributed by atoms with Crippen molar-refractivity contribution in [2.24, 2.45) is 0 Å². The van der Waals surface area contributed by atoms with Gasteiger partial charge in [-0.1, -0.05) is 44.2 Å². The Morgan fingerprint density at radius 3 is 2.65 bits per heavy atom. The monoisotopic (exact) mass is 421 g/mol. The standard InChI is InChI=1S/C26H35N3O2/c1-4-19(2)23-7-5-6-8-24(23)27-26(30)20(3)29-14-12-28(13-15-29)18-21-9-10-25-22(17-21)11-16-31-25/h5-10,17,19-20H,4,11-16,18H2,1-3H3,(H,27,30)/t19-,20+/m0/s1. The molecule has 1 saturated heterocycles. The second kappa shape index (κ2) is 9.84. The highest BCUT2D eigenvalue weighted by Gasteiger charge is 2.26. The van der Waals surface area contributed by atoms with Crippen LogP contribution in [0.2, 0.25) is 0 Å². The van der Waals surface area contributed by atoms with Crippen LogP contribution in [0.3, 0.4) is 0 Å². The fraction of sp³-hybridized carbons (Fsp3) is 0.500. The van der Waals surface area contributed by atoms with Crippen LogP contribution >= 0.6 is 0 Å². The zero-order valence-electron chi connectivity index (χ0n) is 19.1. The number of hydrogen-bond acceptors (Lipinski definition) is 4. The van der Waals surface area contributed by atoms with Crippen molar-refractivity contribution in [3.8, 4) is 5.75 Å². The fourth-order valence-corrected chi connectivity index (χ4v) is 4.57. The maximum atomic E-state index is 13.0. The summed E-state index contributed by atoms with van der Waals surface area (Å²) in [5, 5.41) is 3.19. The molecule has 1 fully saturated rings. The van der Waals surface area contributed by atoms with Gasteiger partial charge in [-0.05, 0) is 48.1 Å². The van der Waals surface area contributed by atoms with E-state index in [2.05, 4.69) is 53.2 Å². The Labute approximate surface area is 186 Å². The van der Waals surface area contributed by atoms with Gasteiger partial charge in [0.2, 0.25) is 5.91 Å². The number of nitrogens with one attached hydrogen (secondary N) is 1. The van der Waals surface area contributed by atoms with E-state index < -0.39 is 0 Å². The van der Waals surface area contributed by atoms with Gasteiger partial charge in [-0.25, -0.2) is 0 Å². The van der Waals surface area contributed by atoms with Crippen molar-refractivity contribution in [3.05, 3.63) is 59.2 Å². The third-order valence-corrected chi connectivity index (χ3v) is 6.86. The van der Waals surface area contributed by atoms with Crippen LogP contribution in [0.4, 0.5) is 5.69 Å². The number of amides is 1. The molecule has 2 aliphatic rings. The number of ether oxygens (including phenoxy) is 1. The first-order chi connectivity index (χ1) is 15.0. The van der Waals surface area contributed by atoms with E-state index in [0.717, 1.165) is 63.6 Å². The van der Waals surface area contributed by atoms with E-state index in [1.807, 2.05) is 25.1 Å². The van der Waals surface area contributed by atoms with Crippen LogP contribution in [0.25, 0.3) is 0 Å². The van der Waals surface area contributed by atoms with Gasteiger partial charge in [0, 0.05) is 44.8 Å². The number of piperazine rings is 1. The smallest absolute Gasteiger partial charge is 0.241 e. The number of carbonyl (C=O) groups is 1. The molecule has 0 saturated carbocycles. The second-order valence-electron chi connectivity index (χ2n) is 8.91. The highest BCUT2D eigenvalue weighted by molar-refractivity contribution is 5.95. The third-order valence-electron chi connectivity index (χ3n) is 6.86. The van der Waals surface area contributed by atoms with E-state index in [1.165, 1.54) is 16.7 Å². The van der Waals surface area contributed by atoms with Crippen LogP contribution in [0, 0.1) is 0 Å². The summed E-state index contributed by atoms with van der Waals surface area (Å²) >= 11 is 0. The lowest BCUT2D eigenvalue weighted by Crippen LogP contribution is -2.52. The molecule has 2 atom stereocenters. The molecule has 31 heavy (non-hydrogen) atoms. The van der Waals surface area contributed by atoms with Crippen LogP contribution in [0.5, 0.6) is 5.75 Å². The fourth-order valence-electron chi connectivity index (χ4n) is 4.57. The molecule has 2 aliphatic heterocycles. The number of hydrogen-bond donors (Lipinski definition) is 1. The van der Waals surface area contributed by atoms with Crippen LogP contribution in [-0.2, 0) is 17.8 Å². The second-order valence-corrected chi connectivity index (χ2v) is 8.91. The topological polar surface area (TPSA) is 44.8 Å². The summed E-state index contributed by atoms with van der Waals surface area (Å²) in [6, 6.07) is 14.6. The van der Waals surface area contributed by atoms with Crippen molar-refractivity contribution in [1.82, 2.24) is 9.80 Å². The predicted octanol–water partition coefficient (Wildman–Crippen LogP) is 4.28. The first-order valence-electron chi connectivity index (χ1n) is 11.7. The minimum Gasteiger partial charge on any atom is -0.493 e. The number of anilines is 1. The Bertz CT molecular complexity index is 905. The largest absolute Gasteiger partial charge is 0.493 e. The van der Waals surface area contributed by atoms with E-state index in [9.17, 15) is 4.79 Å². The van der Waals surface area contributed by atoms with Gasteiger partial charge in [0.15, 0.2) is 0 Å². The number of nitrogens with zero attached hydrogens (tertiary/aromatic N) is 2. The predicted molar refractivity (Wildman–Crippen MR) is 126 cm³/mol. The number of carbonyl (C=O) groups excluding carboxylic acids is 1. The SMILES string of the molecule is CC[C@H](C)c1ccccc1NC(=O)[C@@H](C)N1CCN(Cc2ccc3c(c2)CCO3)CC1. The zero-order chi connectivity index (χ0) is 21.8. The van der Waals surface area contributed by atoms with Crippen LogP contribution in [0.15, 0.2) is 42.5 Å². The minimum atomic E-state index is -0.135. The molecule has 1 N–H and O–H groups in total. The maximum Gasteiger partial charge on any atom is 0.241 e. The van der Waals surface area contributed by atoms with Crippen molar-refractivity contribution in [1.29, 1.82) is 0 Å². The molecule has 0 radical (unpaired) electrons. The lowest BCUT2D eigenvalue weighted by molar-refractivity contribution is -0.121. The molecule has 0 bridgehead atoms. The highest BCUT2D eigenvalue weighted by Crippen LogP contribution is 2.28. The summed E-state index contributed by atoms with van der Waals surface area (Å²) in [4.78, 5) is 17.8. The zero-order valence-corrected chi connectivity index (χ0v) is 19.1. The molecule has 0 unspecified atom stereocenters. The van der Waals surface area contributed by atoms with E-state index in [0.29, 0.717) is 5.92 Å². The quantitative estimate of drug-likeness (QED) is 0.725. The average Bonchev–Trinajstić information content (AvgIpc) is 3.27. The van der Waals surface area contributed by atoms with Gasteiger partial charge < -0.3 is 10.1 Å². The molecule has 5 heteroatoms. The average molecular weight is 422 g/mol. The summed E-state index contributed by atoms with van der Waals surface area (Å²) < 4.78 is 5.62. The van der Waals surface area contributed by atoms with Crippen molar-refractivity contribution >= 4 is 11.6 Å². The molecule has 2 aromatic carbocycles. The van der Waals surface area contributed by atoms with E-state index in [-0.39, 0.29) is 11.9 Å². The van der Waals surface area contributed by atoms with E-state index in [1.54, 1.807) is 0 Å². The van der Waals surface area contributed by atoms with E-state index in [4.69, 9.17) is 4.74 Å². The summed E-state index contributed by atoms with van der Waals surface area (Å²) in [5.74, 6) is 1.56. The molecule has 0 aromatic heterocycles. The molecule has 0 aliphatic carbocycles. The normalized spacial score (nSPS) is 18.8. The van der Waals surface area contributed by atoms with Crippen molar-refractivity contribution in [2.45, 2.75) is 52.1 Å². The number of para-hydroxylation sites is 1. The number of fused-ring (bicyclic) bond motifs is 1. The lowest BCUT2D eigenvalue weighted by atomic mass is 9.97. The Kier molecular flexibility index (Phi) is 6.93. The van der Waals surface area contributed by atoms with E-state index >= 15 is 0 Å². The third kappa shape index (κ3) is 5.10. The van der Waals surface area contributed by atoms with Gasteiger partial charge in [-0.15, -0.1) is 0 Å². The van der Waals surface area contributed by atoms with Crippen LogP contribution < -0.4 is 10.1 Å². The summed E-state index contributed by atoms with van der Waals surface area (Å²) in [6.07, 6.45) is 2.07. The van der Waals surface area contributed by atoms with Gasteiger partial charge in [0.25, 0.3) is 0 Å². The molecule has 2 aromatic rings. The van der Waals surface area contributed by atoms with Crippen molar-refractivity contribution in [2.75, 3.05) is 38.1 Å². The first kappa shape index (κ1) is 21.8. The lowest BCUT2D eigenvalue weighted by Gasteiger charge is -2.37. The molecule has 4 rings (SSSR count).